The van der Waals surface area contributed by atoms with Crippen molar-refractivity contribution in [3.05, 3.63) is 99.7 Å². The van der Waals surface area contributed by atoms with E-state index in [2.05, 4.69) is 0 Å². The summed E-state index contributed by atoms with van der Waals surface area (Å²) in [6.07, 6.45) is 1.28. The van der Waals surface area contributed by atoms with Crippen molar-refractivity contribution in [2.75, 3.05) is 0 Å². The maximum Gasteiger partial charge on any atom is 0.216 e. The fourth-order valence-electron chi connectivity index (χ4n) is 2.50. The number of sulfone groups is 1. The number of ether oxygens (including phenoxy) is 1. The van der Waals surface area contributed by atoms with Crippen molar-refractivity contribution in [3.63, 3.8) is 0 Å². The van der Waals surface area contributed by atoms with Crippen LogP contribution in [0.1, 0.15) is 11.1 Å². The van der Waals surface area contributed by atoms with Gasteiger partial charge in [-0.25, -0.2) is 12.8 Å². The Hall–Kier alpha value is -3.14. The van der Waals surface area contributed by atoms with E-state index < -0.39 is 9.84 Å². The SMILES string of the molecule is N#C/C(=C\c1ccc(OCc2ccccc2F)cc1)S(=O)(=O)c1ccc(Cl)cc1. The van der Waals surface area contributed by atoms with Crippen molar-refractivity contribution in [2.24, 2.45) is 0 Å². The second-order valence-electron chi connectivity index (χ2n) is 6.03. The minimum Gasteiger partial charge on any atom is -0.489 e. The van der Waals surface area contributed by atoms with Crippen LogP contribution >= 0.6 is 11.6 Å². The van der Waals surface area contributed by atoms with Gasteiger partial charge in [-0.1, -0.05) is 41.9 Å². The van der Waals surface area contributed by atoms with Gasteiger partial charge in [-0.15, -0.1) is 0 Å². The third-order valence-corrected chi connectivity index (χ3v) is 5.99. The molecule has 0 fully saturated rings. The first-order valence-electron chi connectivity index (χ1n) is 8.49. The zero-order valence-electron chi connectivity index (χ0n) is 15.0. The number of nitrogens with zero attached hydrogens (tertiary/aromatic N) is 1. The Bertz CT molecular complexity index is 1180. The van der Waals surface area contributed by atoms with Crippen molar-refractivity contribution >= 4 is 27.5 Å². The fraction of sp³-hybridized carbons (Fsp3) is 0.0455. The van der Waals surface area contributed by atoms with Gasteiger partial charge in [-0.3, -0.25) is 0 Å². The Morgan fingerprint density at radius 2 is 1.69 bits per heavy atom. The molecule has 146 valence electrons. The number of nitriles is 1. The highest BCUT2D eigenvalue weighted by Crippen LogP contribution is 2.24. The smallest absolute Gasteiger partial charge is 0.216 e. The average Bonchev–Trinajstić information content (AvgIpc) is 2.72. The summed E-state index contributed by atoms with van der Waals surface area (Å²) in [7, 11) is -3.96. The Balaban J connectivity index is 1.77. The van der Waals surface area contributed by atoms with Crippen LogP contribution < -0.4 is 4.74 Å². The topological polar surface area (TPSA) is 67.2 Å². The molecule has 0 saturated heterocycles. The van der Waals surface area contributed by atoms with Crippen molar-refractivity contribution in [3.8, 4) is 11.8 Å². The lowest BCUT2D eigenvalue weighted by atomic mass is 10.2. The summed E-state index contributed by atoms with van der Waals surface area (Å²) in [5.41, 5.74) is 0.939. The predicted octanol–water partition coefficient (Wildman–Crippen LogP) is 5.40. The highest BCUT2D eigenvalue weighted by molar-refractivity contribution is 7.95. The Kier molecular flexibility index (Phi) is 6.32. The third-order valence-electron chi connectivity index (χ3n) is 4.05. The predicted molar refractivity (Wildman–Crippen MR) is 109 cm³/mol. The number of benzene rings is 3. The molecule has 0 aliphatic rings. The van der Waals surface area contributed by atoms with E-state index in [1.807, 2.05) is 0 Å². The van der Waals surface area contributed by atoms with Crippen molar-refractivity contribution < 1.29 is 17.5 Å². The van der Waals surface area contributed by atoms with Gasteiger partial charge in [0, 0.05) is 10.6 Å². The van der Waals surface area contributed by atoms with E-state index in [1.165, 1.54) is 36.4 Å². The molecule has 3 aromatic rings. The second-order valence-corrected chi connectivity index (χ2v) is 8.38. The molecule has 0 N–H and O–H groups in total. The number of halogens is 2. The van der Waals surface area contributed by atoms with Crippen LogP contribution in [0.15, 0.2) is 82.6 Å². The largest absolute Gasteiger partial charge is 0.489 e. The van der Waals surface area contributed by atoms with Crippen LogP contribution in [-0.2, 0) is 16.4 Å². The van der Waals surface area contributed by atoms with E-state index in [-0.39, 0.29) is 22.2 Å². The van der Waals surface area contributed by atoms with Gasteiger partial charge in [0.05, 0.1) is 4.90 Å². The van der Waals surface area contributed by atoms with E-state index in [9.17, 15) is 18.1 Å². The lowest BCUT2D eigenvalue weighted by Gasteiger charge is -2.07. The molecular formula is C22H15ClFNO3S. The number of hydrogen-bond donors (Lipinski definition) is 0. The van der Waals surface area contributed by atoms with Crippen LogP contribution in [0, 0.1) is 17.1 Å². The number of rotatable bonds is 6. The minimum absolute atomic E-state index is 0.0143. The van der Waals surface area contributed by atoms with Crippen molar-refractivity contribution in [1.29, 1.82) is 5.26 Å². The normalized spacial score (nSPS) is 11.7. The number of allylic oxidation sites excluding steroid dienone is 1. The highest BCUT2D eigenvalue weighted by atomic mass is 35.5. The Labute approximate surface area is 173 Å². The van der Waals surface area contributed by atoms with E-state index in [0.717, 1.165) is 0 Å². The molecule has 0 aromatic heterocycles. The van der Waals surface area contributed by atoms with Crippen LogP contribution in [-0.4, -0.2) is 8.42 Å². The molecule has 0 aliphatic carbocycles. The van der Waals surface area contributed by atoms with Crippen LogP contribution in [0.3, 0.4) is 0 Å². The summed E-state index contributed by atoms with van der Waals surface area (Å²) in [6, 6.07) is 20.1. The molecule has 0 atom stereocenters. The summed E-state index contributed by atoms with van der Waals surface area (Å²) >= 11 is 5.79. The molecule has 3 rings (SSSR count). The Morgan fingerprint density at radius 1 is 1.03 bits per heavy atom. The highest BCUT2D eigenvalue weighted by Gasteiger charge is 2.20. The molecule has 29 heavy (non-hydrogen) atoms. The molecule has 3 aromatic carbocycles. The standard InChI is InChI=1S/C22H15ClFNO3S/c23-18-7-11-20(12-8-18)29(26,27)21(14-25)13-16-5-9-19(10-6-16)28-15-17-3-1-2-4-22(17)24/h1-13H,15H2/b21-13+. The van der Waals surface area contributed by atoms with Gasteiger partial charge in [0.15, 0.2) is 0 Å². The summed E-state index contributed by atoms with van der Waals surface area (Å²) in [5, 5.41) is 9.75. The first kappa shape index (κ1) is 20.6. The zero-order valence-corrected chi connectivity index (χ0v) is 16.6. The Morgan fingerprint density at radius 3 is 2.31 bits per heavy atom. The van der Waals surface area contributed by atoms with E-state index >= 15 is 0 Å². The molecule has 7 heteroatoms. The lowest BCUT2D eigenvalue weighted by molar-refractivity contribution is 0.300. The number of hydrogen-bond acceptors (Lipinski definition) is 4. The van der Waals surface area contributed by atoms with Gasteiger partial charge in [0.2, 0.25) is 9.84 Å². The van der Waals surface area contributed by atoms with Gasteiger partial charge in [-0.05, 0) is 54.1 Å². The first-order valence-corrected chi connectivity index (χ1v) is 10.3. The van der Waals surface area contributed by atoms with Crippen LogP contribution in [0.2, 0.25) is 5.02 Å². The molecule has 0 bridgehead atoms. The molecule has 0 saturated carbocycles. The van der Waals surface area contributed by atoms with Gasteiger partial charge >= 0.3 is 0 Å². The maximum absolute atomic E-state index is 13.6. The monoisotopic (exact) mass is 427 g/mol. The second kappa shape index (κ2) is 8.91. The van der Waals surface area contributed by atoms with Gasteiger partial charge < -0.3 is 4.74 Å². The fourth-order valence-corrected chi connectivity index (χ4v) is 3.78. The third kappa shape index (κ3) is 5.02. The van der Waals surface area contributed by atoms with E-state index in [4.69, 9.17) is 16.3 Å². The van der Waals surface area contributed by atoms with Crippen molar-refractivity contribution in [1.82, 2.24) is 0 Å². The van der Waals surface area contributed by atoms with Crippen LogP contribution in [0.4, 0.5) is 4.39 Å². The summed E-state index contributed by atoms with van der Waals surface area (Å²) < 4.78 is 44.5. The minimum atomic E-state index is -3.96. The zero-order chi connectivity index (χ0) is 20.9. The maximum atomic E-state index is 13.6. The quantitative estimate of drug-likeness (QED) is 0.494. The molecule has 0 amide bonds. The van der Waals surface area contributed by atoms with Gasteiger partial charge in [0.1, 0.15) is 29.1 Å². The van der Waals surface area contributed by atoms with E-state index in [0.29, 0.717) is 21.9 Å². The molecule has 4 nitrogen and oxygen atoms in total. The van der Waals surface area contributed by atoms with E-state index in [1.54, 1.807) is 48.5 Å². The molecule has 0 radical (unpaired) electrons. The summed E-state index contributed by atoms with van der Waals surface area (Å²) in [4.78, 5) is -0.403. The van der Waals surface area contributed by atoms with Gasteiger partial charge in [0.25, 0.3) is 0 Å². The molecule has 0 spiro atoms. The summed E-state index contributed by atoms with van der Waals surface area (Å²) in [6.45, 7) is 0.0657. The van der Waals surface area contributed by atoms with Crippen molar-refractivity contribution in [2.45, 2.75) is 11.5 Å². The first-order chi connectivity index (χ1) is 13.9. The van der Waals surface area contributed by atoms with Gasteiger partial charge in [-0.2, -0.15) is 5.26 Å². The van der Waals surface area contributed by atoms with Crippen LogP contribution in [0.5, 0.6) is 5.75 Å². The lowest BCUT2D eigenvalue weighted by Crippen LogP contribution is -2.03. The molecule has 0 heterocycles. The molecule has 0 aliphatic heterocycles. The summed E-state index contributed by atoms with van der Waals surface area (Å²) in [5.74, 6) is 0.141. The average molecular weight is 428 g/mol. The molecule has 0 unspecified atom stereocenters. The van der Waals surface area contributed by atoms with Crippen LogP contribution in [0.25, 0.3) is 6.08 Å². The molecular weight excluding hydrogens is 413 g/mol.